The Morgan fingerprint density at radius 3 is 2.61 bits per heavy atom. The summed E-state index contributed by atoms with van der Waals surface area (Å²) in [6.45, 7) is 4.21. The van der Waals surface area contributed by atoms with Crippen LogP contribution in [0.3, 0.4) is 0 Å². The number of para-hydroxylation sites is 1. The Bertz CT molecular complexity index is 911. The number of hydrogen-bond acceptors (Lipinski definition) is 3. The lowest BCUT2D eigenvalue weighted by molar-refractivity contribution is -0.122. The van der Waals surface area contributed by atoms with Crippen LogP contribution in [-0.2, 0) is 9.59 Å². The molecule has 3 rings (SSSR count). The number of benzene rings is 2. The molecule has 144 valence electrons. The van der Waals surface area contributed by atoms with Gasteiger partial charge in [-0.15, -0.1) is 6.58 Å². The summed E-state index contributed by atoms with van der Waals surface area (Å²) in [4.78, 5) is 39.0. The van der Waals surface area contributed by atoms with Crippen molar-refractivity contribution in [2.45, 2.75) is 6.42 Å². The van der Waals surface area contributed by atoms with Crippen molar-refractivity contribution < 1.29 is 14.4 Å². The third kappa shape index (κ3) is 4.48. The number of anilines is 2. The summed E-state index contributed by atoms with van der Waals surface area (Å²) in [6.07, 6.45) is 1.71. The zero-order chi connectivity index (χ0) is 20.1. The number of hydrogen-bond donors (Lipinski definition) is 2. The van der Waals surface area contributed by atoms with Crippen molar-refractivity contribution >= 4 is 45.0 Å². The van der Waals surface area contributed by atoms with Crippen LogP contribution in [0.5, 0.6) is 0 Å². The molecule has 3 amide bonds. The molecule has 6 nitrogen and oxygen atoms in total. The van der Waals surface area contributed by atoms with Crippen LogP contribution in [0.4, 0.5) is 11.4 Å². The van der Waals surface area contributed by atoms with Crippen molar-refractivity contribution in [2.24, 2.45) is 5.92 Å². The van der Waals surface area contributed by atoms with Crippen LogP contribution >= 0.6 is 15.9 Å². The summed E-state index contributed by atoms with van der Waals surface area (Å²) in [5, 5.41) is 5.50. The quantitative estimate of drug-likeness (QED) is 0.674. The molecule has 1 saturated heterocycles. The highest BCUT2D eigenvalue weighted by Crippen LogP contribution is 2.27. The molecule has 2 aromatic rings. The summed E-state index contributed by atoms with van der Waals surface area (Å²) in [6, 6.07) is 14.2. The summed E-state index contributed by atoms with van der Waals surface area (Å²) < 4.78 is 0.920. The first kappa shape index (κ1) is 19.8. The number of amides is 3. The Morgan fingerprint density at radius 1 is 1.18 bits per heavy atom. The number of halogens is 1. The molecule has 0 saturated carbocycles. The Morgan fingerprint density at radius 2 is 1.89 bits per heavy atom. The van der Waals surface area contributed by atoms with Gasteiger partial charge in [-0.25, -0.2) is 0 Å². The van der Waals surface area contributed by atoms with Crippen LogP contribution in [0.1, 0.15) is 16.8 Å². The van der Waals surface area contributed by atoms with Gasteiger partial charge in [-0.05, 0) is 36.4 Å². The predicted octanol–water partition coefficient (Wildman–Crippen LogP) is 3.36. The number of rotatable bonds is 6. The minimum absolute atomic E-state index is 0.0977. The molecule has 1 fully saturated rings. The van der Waals surface area contributed by atoms with Gasteiger partial charge in [-0.2, -0.15) is 0 Å². The molecule has 1 atom stereocenters. The van der Waals surface area contributed by atoms with Crippen LogP contribution in [0.25, 0.3) is 0 Å². The SMILES string of the molecule is C=CCNC(=O)c1ccccc1NC(=O)[C@@H]1CC(=O)N(c2ccc(Br)cc2)C1. The Labute approximate surface area is 171 Å². The lowest BCUT2D eigenvalue weighted by atomic mass is 10.1. The molecule has 0 unspecified atom stereocenters. The monoisotopic (exact) mass is 441 g/mol. The zero-order valence-corrected chi connectivity index (χ0v) is 16.7. The molecule has 1 heterocycles. The molecule has 7 heteroatoms. The average molecular weight is 442 g/mol. The van der Waals surface area contributed by atoms with Crippen LogP contribution in [0, 0.1) is 5.92 Å². The fourth-order valence-electron chi connectivity index (χ4n) is 3.04. The highest BCUT2D eigenvalue weighted by molar-refractivity contribution is 9.10. The van der Waals surface area contributed by atoms with E-state index in [4.69, 9.17) is 0 Å². The van der Waals surface area contributed by atoms with Crippen molar-refractivity contribution in [3.8, 4) is 0 Å². The average Bonchev–Trinajstić information content (AvgIpc) is 3.09. The second-order valence-electron chi connectivity index (χ2n) is 6.42. The van der Waals surface area contributed by atoms with Gasteiger partial charge in [-0.3, -0.25) is 14.4 Å². The molecule has 1 aliphatic heterocycles. The van der Waals surface area contributed by atoms with Crippen molar-refractivity contribution in [3.63, 3.8) is 0 Å². The smallest absolute Gasteiger partial charge is 0.253 e. The van der Waals surface area contributed by atoms with Crippen molar-refractivity contribution in [3.05, 3.63) is 71.2 Å². The molecule has 1 aliphatic rings. The summed E-state index contributed by atoms with van der Waals surface area (Å²) in [5.41, 5.74) is 1.54. The van der Waals surface area contributed by atoms with E-state index in [0.717, 1.165) is 10.2 Å². The lowest BCUT2D eigenvalue weighted by Gasteiger charge is -2.17. The Hall–Kier alpha value is -2.93. The highest BCUT2D eigenvalue weighted by atomic mass is 79.9. The number of nitrogens with one attached hydrogen (secondary N) is 2. The molecular formula is C21H20BrN3O3. The van der Waals surface area contributed by atoms with E-state index in [1.165, 1.54) is 0 Å². The normalized spacial score (nSPS) is 16.0. The van der Waals surface area contributed by atoms with Gasteiger partial charge in [-0.1, -0.05) is 34.1 Å². The molecule has 28 heavy (non-hydrogen) atoms. The molecule has 0 bridgehead atoms. The van der Waals surface area contributed by atoms with Crippen molar-refractivity contribution in [1.82, 2.24) is 5.32 Å². The van der Waals surface area contributed by atoms with E-state index in [2.05, 4.69) is 33.1 Å². The van der Waals surface area contributed by atoms with Crippen LogP contribution in [0.15, 0.2) is 65.7 Å². The first-order valence-corrected chi connectivity index (χ1v) is 9.64. The molecule has 2 aromatic carbocycles. The highest BCUT2D eigenvalue weighted by Gasteiger charge is 2.35. The first-order chi connectivity index (χ1) is 13.5. The molecule has 0 radical (unpaired) electrons. The topological polar surface area (TPSA) is 78.5 Å². The largest absolute Gasteiger partial charge is 0.349 e. The minimum atomic E-state index is -0.486. The van der Waals surface area contributed by atoms with Gasteiger partial charge >= 0.3 is 0 Å². The van der Waals surface area contributed by atoms with Gasteiger partial charge in [0, 0.05) is 29.7 Å². The van der Waals surface area contributed by atoms with E-state index >= 15 is 0 Å². The van der Waals surface area contributed by atoms with Gasteiger partial charge in [0.05, 0.1) is 17.2 Å². The van der Waals surface area contributed by atoms with Gasteiger partial charge in [0.15, 0.2) is 0 Å². The van der Waals surface area contributed by atoms with E-state index in [1.54, 1.807) is 35.2 Å². The third-order valence-electron chi connectivity index (χ3n) is 4.47. The standard InChI is InChI=1S/C21H20BrN3O3/c1-2-11-23-21(28)17-5-3-4-6-18(17)24-20(27)14-12-19(26)25(13-14)16-9-7-15(22)8-10-16/h2-10,14H,1,11-13H2,(H,23,28)(H,24,27)/t14-/m1/s1. The van der Waals surface area contributed by atoms with E-state index in [-0.39, 0.29) is 24.1 Å². The van der Waals surface area contributed by atoms with Crippen molar-refractivity contribution in [1.29, 1.82) is 0 Å². The maximum Gasteiger partial charge on any atom is 0.253 e. The van der Waals surface area contributed by atoms with E-state index in [0.29, 0.717) is 24.3 Å². The van der Waals surface area contributed by atoms with E-state index in [1.807, 2.05) is 24.3 Å². The van der Waals surface area contributed by atoms with Gasteiger partial charge in [0.25, 0.3) is 5.91 Å². The number of nitrogens with zero attached hydrogens (tertiary/aromatic N) is 1. The summed E-state index contributed by atoms with van der Waals surface area (Å²) >= 11 is 3.37. The third-order valence-corrected chi connectivity index (χ3v) is 5.00. The van der Waals surface area contributed by atoms with E-state index < -0.39 is 5.92 Å². The molecular weight excluding hydrogens is 422 g/mol. The molecule has 0 aliphatic carbocycles. The number of carbonyl (C=O) groups excluding carboxylic acids is 3. The Balaban J connectivity index is 1.70. The molecule has 2 N–H and O–H groups in total. The van der Waals surface area contributed by atoms with E-state index in [9.17, 15) is 14.4 Å². The fourth-order valence-corrected chi connectivity index (χ4v) is 3.30. The summed E-state index contributed by atoms with van der Waals surface area (Å²) in [5.74, 6) is -1.16. The lowest BCUT2D eigenvalue weighted by Crippen LogP contribution is -2.29. The zero-order valence-electron chi connectivity index (χ0n) is 15.2. The predicted molar refractivity (Wildman–Crippen MR) is 112 cm³/mol. The molecule has 0 aromatic heterocycles. The van der Waals surface area contributed by atoms with Crippen LogP contribution < -0.4 is 15.5 Å². The maximum atomic E-state index is 12.7. The molecule has 0 spiro atoms. The second kappa shape index (κ2) is 8.84. The van der Waals surface area contributed by atoms with Crippen LogP contribution in [0.2, 0.25) is 0 Å². The summed E-state index contributed by atoms with van der Waals surface area (Å²) in [7, 11) is 0. The second-order valence-corrected chi connectivity index (χ2v) is 7.33. The maximum absolute atomic E-state index is 12.7. The fraction of sp³-hybridized carbons (Fsp3) is 0.190. The van der Waals surface area contributed by atoms with Gasteiger partial charge < -0.3 is 15.5 Å². The van der Waals surface area contributed by atoms with Crippen molar-refractivity contribution in [2.75, 3.05) is 23.3 Å². The number of carbonyl (C=O) groups is 3. The van der Waals surface area contributed by atoms with Gasteiger partial charge in [0.1, 0.15) is 0 Å². The Kier molecular flexibility index (Phi) is 6.26. The first-order valence-electron chi connectivity index (χ1n) is 8.84. The van der Waals surface area contributed by atoms with Gasteiger partial charge in [0.2, 0.25) is 11.8 Å². The van der Waals surface area contributed by atoms with Crippen LogP contribution in [-0.4, -0.2) is 30.8 Å². The minimum Gasteiger partial charge on any atom is -0.349 e.